The van der Waals surface area contributed by atoms with Crippen LogP contribution >= 0.6 is 0 Å². The zero-order chi connectivity index (χ0) is 14.9. The Morgan fingerprint density at radius 1 is 1.15 bits per heavy atom. The van der Waals surface area contributed by atoms with E-state index >= 15 is 0 Å². The van der Waals surface area contributed by atoms with E-state index in [1.54, 1.807) is 11.8 Å². The van der Waals surface area contributed by atoms with Crippen LogP contribution in [0.2, 0.25) is 0 Å². The van der Waals surface area contributed by atoms with Crippen molar-refractivity contribution in [2.75, 3.05) is 4.90 Å². The standard InChI is InChI=1S/C16H22N2O2/c1-5-6-14-16(20)18(12(4)15(19)17-14)13-8-10(2)7-11(3)9-13/h7-9,12,14H,5-6H2,1-4H3,(H,17,19). The van der Waals surface area contributed by atoms with Crippen molar-refractivity contribution in [2.24, 2.45) is 0 Å². The van der Waals surface area contributed by atoms with Crippen molar-refractivity contribution in [3.63, 3.8) is 0 Å². The summed E-state index contributed by atoms with van der Waals surface area (Å²) in [6, 6.07) is 5.12. The van der Waals surface area contributed by atoms with Gasteiger partial charge in [0.25, 0.3) is 0 Å². The van der Waals surface area contributed by atoms with Crippen molar-refractivity contribution in [3.8, 4) is 0 Å². The van der Waals surface area contributed by atoms with Crippen LogP contribution in [-0.4, -0.2) is 23.9 Å². The molecule has 1 N–H and O–H groups in total. The molecule has 108 valence electrons. The number of amides is 2. The lowest BCUT2D eigenvalue weighted by Crippen LogP contribution is -2.62. The number of nitrogens with one attached hydrogen (secondary N) is 1. The summed E-state index contributed by atoms with van der Waals surface area (Å²) in [7, 11) is 0. The van der Waals surface area contributed by atoms with Gasteiger partial charge in [0.05, 0.1) is 0 Å². The minimum Gasteiger partial charge on any atom is -0.342 e. The second-order valence-electron chi connectivity index (χ2n) is 5.58. The first-order chi connectivity index (χ1) is 9.43. The van der Waals surface area contributed by atoms with Crippen LogP contribution in [0.1, 0.15) is 37.8 Å². The molecule has 2 unspecified atom stereocenters. The van der Waals surface area contributed by atoms with Gasteiger partial charge in [-0.15, -0.1) is 0 Å². The second kappa shape index (κ2) is 5.65. The van der Waals surface area contributed by atoms with Crippen LogP contribution < -0.4 is 10.2 Å². The fourth-order valence-corrected chi connectivity index (χ4v) is 2.75. The molecule has 1 aromatic rings. The molecule has 4 heteroatoms. The van der Waals surface area contributed by atoms with Crippen LogP contribution in [0.25, 0.3) is 0 Å². The first-order valence-corrected chi connectivity index (χ1v) is 7.15. The SMILES string of the molecule is CCCC1NC(=O)C(C)N(c2cc(C)cc(C)c2)C1=O. The number of piperazine rings is 1. The van der Waals surface area contributed by atoms with Gasteiger partial charge in [-0.05, 0) is 50.5 Å². The topological polar surface area (TPSA) is 49.4 Å². The van der Waals surface area contributed by atoms with Crippen LogP contribution in [0.5, 0.6) is 0 Å². The normalized spacial score (nSPS) is 22.9. The van der Waals surface area contributed by atoms with Crippen LogP contribution in [0.3, 0.4) is 0 Å². The molecule has 1 saturated heterocycles. The Bertz CT molecular complexity index is 519. The molecule has 1 heterocycles. The van der Waals surface area contributed by atoms with E-state index in [1.165, 1.54) is 0 Å². The second-order valence-corrected chi connectivity index (χ2v) is 5.58. The van der Waals surface area contributed by atoms with E-state index in [9.17, 15) is 9.59 Å². The van der Waals surface area contributed by atoms with Gasteiger partial charge in [-0.25, -0.2) is 0 Å². The van der Waals surface area contributed by atoms with Crippen molar-refractivity contribution in [1.82, 2.24) is 5.32 Å². The van der Waals surface area contributed by atoms with E-state index in [0.717, 1.165) is 23.2 Å². The third-order valence-electron chi connectivity index (χ3n) is 3.68. The van der Waals surface area contributed by atoms with Gasteiger partial charge < -0.3 is 5.32 Å². The van der Waals surface area contributed by atoms with E-state index in [4.69, 9.17) is 0 Å². The molecule has 0 bridgehead atoms. The van der Waals surface area contributed by atoms with Gasteiger partial charge in [0.2, 0.25) is 11.8 Å². The molecule has 20 heavy (non-hydrogen) atoms. The highest BCUT2D eigenvalue weighted by Gasteiger charge is 2.38. The highest BCUT2D eigenvalue weighted by Crippen LogP contribution is 2.25. The Morgan fingerprint density at radius 3 is 2.30 bits per heavy atom. The fraction of sp³-hybridized carbons (Fsp3) is 0.500. The van der Waals surface area contributed by atoms with Crippen molar-refractivity contribution >= 4 is 17.5 Å². The summed E-state index contributed by atoms with van der Waals surface area (Å²) < 4.78 is 0. The number of benzene rings is 1. The van der Waals surface area contributed by atoms with E-state index < -0.39 is 12.1 Å². The number of nitrogens with zero attached hydrogens (tertiary/aromatic N) is 1. The van der Waals surface area contributed by atoms with Gasteiger partial charge >= 0.3 is 0 Å². The minimum atomic E-state index is -0.461. The molecular weight excluding hydrogens is 252 g/mol. The Kier molecular flexibility index (Phi) is 4.12. The maximum Gasteiger partial charge on any atom is 0.250 e. The number of rotatable bonds is 3. The lowest BCUT2D eigenvalue weighted by Gasteiger charge is -2.37. The molecule has 0 aliphatic carbocycles. The van der Waals surface area contributed by atoms with Crippen molar-refractivity contribution in [1.29, 1.82) is 0 Å². The smallest absolute Gasteiger partial charge is 0.250 e. The van der Waals surface area contributed by atoms with Crippen molar-refractivity contribution in [2.45, 2.75) is 52.6 Å². The van der Waals surface area contributed by atoms with Crippen LogP contribution in [0, 0.1) is 13.8 Å². The highest BCUT2D eigenvalue weighted by molar-refractivity contribution is 6.08. The number of aryl methyl sites for hydroxylation is 2. The summed E-state index contributed by atoms with van der Waals surface area (Å²) in [4.78, 5) is 26.3. The molecule has 1 fully saturated rings. The average Bonchev–Trinajstić information content (AvgIpc) is 2.35. The van der Waals surface area contributed by atoms with Gasteiger partial charge in [-0.1, -0.05) is 19.4 Å². The summed E-state index contributed by atoms with van der Waals surface area (Å²) in [5, 5.41) is 2.82. The van der Waals surface area contributed by atoms with Crippen molar-refractivity contribution < 1.29 is 9.59 Å². The number of hydrogen-bond acceptors (Lipinski definition) is 2. The third kappa shape index (κ3) is 2.69. The molecule has 2 rings (SSSR count). The number of carbonyl (C=O) groups is 2. The first kappa shape index (κ1) is 14.6. The molecule has 0 saturated carbocycles. The monoisotopic (exact) mass is 274 g/mol. The molecule has 1 aromatic carbocycles. The predicted octanol–water partition coefficient (Wildman–Crippen LogP) is 2.32. The van der Waals surface area contributed by atoms with Crippen LogP contribution in [0.4, 0.5) is 5.69 Å². The Hall–Kier alpha value is -1.84. The maximum absolute atomic E-state index is 12.6. The van der Waals surface area contributed by atoms with E-state index in [2.05, 4.69) is 11.4 Å². The summed E-state index contributed by atoms with van der Waals surface area (Å²) in [6.07, 6.45) is 1.55. The van der Waals surface area contributed by atoms with E-state index in [-0.39, 0.29) is 11.8 Å². The molecule has 0 spiro atoms. The maximum atomic E-state index is 12.6. The highest BCUT2D eigenvalue weighted by atomic mass is 16.2. The fourth-order valence-electron chi connectivity index (χ4n) is 2.75. The molecule has 2 atom stereocenters. The summed E-state index contributed by atoms with van der Waals surface area (Å²) in [5.74, 6) is -0.0915. The molecular formula is C16H22N2O2. The van der Waals surface area contributed by atoms with Gasteiger partial charge in [0, 0.05) is 5.69 Å². The van der Waals surface area contributed by atoms with Gasteiger partial charge in [0.1, 0.15) is 12.1 Å². The zero-order valence-electron chi connectivity index (χ0n) is 12.6. The first-order valence-electron chi connectivity index (χ1n) is 7.15. The third-order valence-corrected chi connectivity index (χ3v) is 3.68. The summed E-state index contributed by atoms with van der Waals surface area (Å²) in [5.41, 5.74) is 3.01. The van der Waals surface area contributed by atoms with Gasteiger partial charge in [-0.3, -0.25) is 14.5 Å². The van der Waals surface area contributed by atoms with Crippen molar-refractivity contribution in [3.05, 3.63) is 29.3 Å². The zero-order valence-corrected chi connectivity index (χ0v) is 12.6. The number of carbonyl (C=O) groups excluding carboxylic acids is 2. The van der Waals surface area contributed by atoms with E-state index in [0.29, 0.717) is 6.42 Å². The Balaban J connectivity index is 2.40. The number of hydrogen-bond donors (Lipinski definition) is 1. The predicted molar refractivity (Wildman–Crippen MR) is 79.7 cm³/mol. The average molecular weight is 274 g/mol. The van der Waals surface area contributed by atoms with Crippen LogP contribution in [0.15, 0.2) is 18.2 Å². The number of anilines is 1. The molecule has 2 amide bonds. The molecule has 1 aliphatic heterocycles. The molecule has 1 aliphatic rings. The Morgan fingerprint density at radius 2 is 1.75 bits per heavy atom. The quantitative estimate of drug-likeness (QED) is 0.919. The Labute approximate surface area is 120 Å². The largest absolute Gasteiger partial charge is 0.342 e. The van der Waals surface area contributed by atoms with E-state index in [1.807, 2.05) is 32.9 Å². The van der Waals surface area contributed by atoms with Gasteiger partial charge in [0.15, 0.2) is 0 Å². The molecule has 0 aromatic heterocycles. The lowest BCUT2D eigenvalue weighted by molar-refractivity contribution is -0.133. The minimum absolute atomic E-state index is 0.0102. The summed E-state index contributed by atoms with van der Waals surface area (Å²) >= 11 is 0. The van der Waals surface area contributed by atoms with Crippen LogP contribution in [-0.2, 0) is 9.59 Å². The molecule has 0 radical (unpaired) electrons. The lowest BCUT2D eigenvalue weighted by atomic mass is 10.0. The summed E-state index contributed by atoms with van der Waals surface area (Å²) in [6.45, 7) is 7.78. The van der Waals surface area contributed by atoms with Gasteiger partial charge in [-0.2, -0.15) is 0 Å². The molecule has 4 nitrogen and oxygen atoms in total.